The molecule has 56 valence electrons. The molecule has 0 aromatic carbocycles. The molecule has 0 N–H and O–H groups in total. The van der Waals surface area contributed by atoms with Crippen LogP contribution in [0.1, 0.15) is 52.9 Å². The van der Waals surface area contributed by atoms with Gasteiger partial charge in [-0.05, 0) is 5.92 Å². The van der Waals surface area contributed by atoms with Crippen LogP contribution in [0.2, 0.25) is 0 Å². The summed E-state index contributed by atoms with van der Waals surface area (Å²) in [6, 6.07) is 0. The molecule has 0 nitrogen and oxygen atoms in total. The van der Waals surface area contributed by atoms with Gasteiger partial charge in [0.2, 0.25) is 0 Å². The van der Waals surface area contributed by atoms with Crippen molar-refractivity contribution in [2.75, 3.05) is 0 Å². The molecule has 1 rings (SSSR count). The average molecular weight is 128 g/mol. The van der Waals surface area contributed by atoms with E-state index < -0.39 is 0 Å². The smallest absolute Gasteiger partial charge is 0.0500 e. The standard InChI is InChI=1S/C5H10.C4H10/c1-2-4-5-3-1;1-4(2)3/h1-5H2;4H,1-3H3. The minimum absolute atomic E-state index is 0.833. The minimum Gasteiger partial charge on any atom is -0.0630 e. The first kappa shape index (κ1) is 9.00. The van der Waals surface area contributed by atoms with Gasteiger partial charge in [0.25, 0.3) is 0 Å². The predicted octanol–water partition coefficient (Wildman–Crippen LogP) is 3.61. The van der Waals surface area contributed by atoms with E-state index in [4.69, 9.17) is 0 Å². The maximum Gasteiger partial charge on any atom is -0.0500 e. The first-order valence-electron chi connectivity index (χ1n) is 4.23. The van der Waals surface area contributed by atoms with Gasteiger partial charge in [0, 0.05) is 0 Å². The van der Waals surface area contributed by atoms with E-state index in [1.54, 1.807) is 0 Å². The Hall–Kier alpha value is 0. The molecule has 0 aromatic rings. The summed E-state index contributed by atoms with van der Waals surface area (Å²) < 4.78 is 0. The third-order valence-corrected chi connectivity index (χ3v) is 1.25. The van der Waals surface area contributed by atoms with E-state index in [2.05, 4.69) is 20.8 Å². The van der Waals surface area contributed by atoms with Gasteiger partial charge in [-0.3, -0.25) is 0 Å². The molecular weight excluding hydrogens is 108 g/mol. The van der Waals surface area contributed by atoms with Crippen LogP contribution in [0, 0.1) is 5.92 Å². The second-order valence-electron chi connectivity index (χ2n) is 3.50. The molecule has 0 aliphatic heterocycles. The Morgan fingerprint density at radius 3 is 0.889 bits per heavy atom. The lowest BCUT2D eigenvalue weighted by Gasteiger charge is -1.79. The molecule has 1 aliphatic carbocycles. The third-order valence-electron chi connectivity index (χ3n) is 1.25. The third kappa shape index (κ3) is 11.5. The van der Waals surface area contributed by atoms with Gasteiger partial charge in [-0.2, -0.15) is 0 Å². The molecule has 0 bridgehead atoms. The van der Waals surface area contributed by atoms with E-state index in [9.17, 15) is 0 Å². The van der Waals surface area contributed by atoms with Gasteiger partial charge < -0.3 is 0 Å². The van der Waals surface area contributed by atoms with Gasteiger partial charge in [0.05, 0.1) is 0 Å². The molecule has 0 aromatic heterocycles. The van der Waals surface area contributed by atoms with Crippen LogP contribution in [0.25, 0.3) is 0 Å². The van der Waals surface area contributed by atoms with Crippen LogP contribution in [0.4, 0.5) is 0 Å². The first-order valence-corrected chi connectivity index (χ1v) is 4.23. The zero-order chi connectivity index (χ0) is 7.11. The quantitative estimate of drug-likeness (QED) is 0.467. The summed E-state index contributed by atoms with van der Waals surface area (Å²) in [6.07, 6.45) is 7.50. The summed E-state index contributed by atoms with van der Waals surface area (Å²) in [5.41, 5.74) is 0. The maximum absolute atomic E-state index is 2.17. The zero-order valence-corrected chi connectivity index (χ0v) is 7.11. The van der Waals surface area contributed by atoms with E-state index in [0.717, 1.165) is 5.92 Å². The Bertz CT molecular complexity index is 31.6. The lowest BCUT2D eigenvalue weighted by Crippen LogP contribution is -1.66. The van der Waals surface area contributed by atoms with Crippen molar-refractivity contribution in [3.05, 3.63) is 0 Å². The van der Waals surface area contributed by atoms with Crippen LogP contribution >= 0.6 is 0 Å². The van der Waals surface area contributed by atoms with Crippen molar-refractivity contribution in [2.45, 2.75) is 52.9 Å². The van der Waals surface area contributed by atoms with Gasteiger partial charge in [-0.1, -0.05) is 52.9 Å². The molecule has 0 heteroatoms. The largest absolute Gasteiger partial charge is 0.0630 e. The van der Waals surface area contributed by atoms with E-state index in [1.807, 2.05) is 0 Å². The Kier molecular flexibility index (Phi) is 6.12. The molecule has 0 radical (unpaired) electrons. The molecule has 1 fully saturated rings. The van der Waals surface area contributed by atoms with Gasteiger partial charge in [-0.15, -0.1) is 0 Å². The highest BCUT2D eigenvalue weighted by atomic mass is 14.0. The average Bonchev–Trinajstić information content (AvgIpc) is 2.11. The second-order valence-corrected chi connectivity index (χ2v) is 3.50. The molecule has 0 unspecified atom stereocenters. The molecule has 0 heterocycles. The van der Waals surface area contributed by atoms with Crippen LogP contribution < -0.4 is 0 Å². The second kappa shape index (κ2) is 6.12. The molecule has 1 saturated carbocycles. The normalized spacial score (nSPS) is 17.3. The lowest BCUT2D eigenvalue weighted by atomic mass is 10.3. The molecular formula is C9H20. The number of hydrogen-bond donors (Lipinski definition) is 0. The highest BCUT2D eigenvalue weighted by Gasteiger charge is 1.95. The molecule has 0 spiro atoms. The number of hydrogen-bond acceptors (Lipinski definition) is 0. The van der Waals surface area contributed by atoms with Gasteiger partial charge in [0.15, 0.2) is 0 Å². The summed E-state index contributed by atoms with van der Waals surface area (Å²) >= 11 is 0. The molecule has 0 amide bonds. The summed E-state index contributed by atoms with van der Waals surface area (Å²) in [5.74, 6) is 0.833. The van der Waals surface area contributed by atoms with Gasteiger partial charge in [-0.25, -0.2) is 0 Å². The van der Waals surface area contributed by atoms with Crippen LogP contribution in [0.5, 0.6) is 0 Å². The van der Waals surface area contributed by atoms with Crippen molar-refractivity contribution < 1.29 is 0 Å². The van der Waals surface area contributed by atoms with Gasteiger partial charge in [0.1, 0.15) is 0 Å². The van der Waals surface area contributed by atoms with Crippen LogP contribution in [0.3, 0.4) is 0 Å². The summed E-state index contributed by atoms with van der Waals surface area (Å²) in [5, 5.41) is 0. The fourth-order valence-corrected chi connectivity index (χ4v) is 0.884. The Balaban J connectivity index is 0.000000148. The Labute approximate surface area is 59.7 Å². The highest BCUT2D eigenvalue weighted by Crippen LogP contribution is 2.15. The predicted molar refractivity (Wildman–Crippen MR) is 43.6 cm³/mol. The fourth-order valence-electron chi connectivity index (χ4n) is 0.884. The molecule has 9 heavy (non-hydrogen) atoms. The number of rotatable bonds is 0. The van der Waals surface area contributed by atoms with E-state index in [1.165, 1.54) is 32.1 Å². The van der Waals surface area contributed by atoms with Crippen molar-refractivity contribution in [3.63, 3.8) is 0 Å². The first-order chi connectivity index (χ1) is 4.23. The van der Waals surface area contributed by atoms with Crippen LogP contribution in [-0.2, 0) is 0 Å². The van der Waals surface area contributed by atoms with Crippen molar-refractivity contribution in [2.24, 2.45) is 5.92 Å². The Morgan fingerprint density at radius 1 is 0.667 bits per heavy atom. The van der Waals surface area contributed by atoms with Gasteiger partial charge >= 0.3 is 0 Å². The molecule has 1 aliphatic rings. The van der Waals surface area contributed by atoms with E-state index in [0.29, 0.717) is 0 Å². The van der Waals surface area contributed by atoms with E-state index >= 15 is 0 Å². The lowest BCUT2D eigenvalue weighted by molar-refractivity contribution is 0.737. The molecule has 0 saturated heterocycles. The van der Waals surface area contributed by atoms with Crippen molar-refractivity contribution in [1.82, 2.24) is 0 Å². The maximum atomic E-state index is 2.17. The summed E-state index contributed by atoms with van der Waals surface area (Å²) in [4.78, 5) is 0. The van der Waals surface area contributed by atoms with Crippen molar-refractivity contribution >= 4 is 0 Å². The van der Waals surface area contributed by atoms with Crippen molar-refractivity contribution in [1.29, 1.82) is 0 Å². The zero-order valence-electron chi connectivity index (χ0n) is 7.11. The minimum atomic E-state index is 0.833. The Morgan fingerprint density at radius 2 is 0.778 bits per heavy atom. The summed E-state index contributed by atoms with van der Waals surface area (Å²) in [7, 11) is 0. The highest BCUT2D eigenvalue weighted by molar-refractivity contribution is 4.51. The monoisotopic (exact) mass is 128 g/mol. The van der Waals surface area contributed by atoms with E-state index in [-0.39, 0.29) is 0 Å². The van der Waals surface area contributed by atoms with Crippen molar-refractivity contribution in [3.8, 4) is 0 Å². The SMILES string of the molecule is C1CCCC1.CC(C)C. The topological polar surface area (TPSA) is 0 Å². The summed E-state index contributed by atoms with van der Waals surface area (Å²) in [6.45, 7) is 6.50. The van der Waals surface area contributed by atoms with Crippen LogP contribution in [0.15, 0.2) is 0 Å². The van der Waals surface area contributed by atoms with Crippen LogP contribution in [-0.4, -0.2) is 0 Å². The fraction of sp³-hybridized carbons (Fsp3) is 1.00. The molecule has 0 atom stereocenters.